The molecule has 2 aromatic heterocycles. The Morgan fingerprint density at radius 2 is 0.564 bits per heavy atom. The van der Waals surface area contributed by atoms with Crippen molar-refractivity contribution in [3.8, 4) is 170 Å². The number of phenolic OH excluding ortho intramolecular Hbond substituents is 16. The van der Waals surface area contributed by atoms with Gasteiger partial charge in [-0.05, 0) is 117 Å². The molecule has 2 heterocycles. The maximum absolute atomic E-state index is 12.3. The molecule has 18 heteroatoms. The zero-order chi connectivity index (χ0) is 65.2. The van der Waals surface area contributed by atoms with E-state index in [9.17, 15) is 81.7 Å². The van der Waals surface area contributed by atoms with Crippen molar-refractivity contribution in [3.05, 3.63) is 182 Å². The lowest BCUT2D eigenvalue weighted by Crippen LogP contribution is -1.93. The van der Waals surface area contributed by atoms with Gasteiger partial charge >= 0.3 is 0 Å². The van der Waals surface area contributed by atoms with Crippen LogP contribution in [0, 0.1) is 0 Å². The minimum absolute atomic E-state index is 0.0798. The van der Waals surface area contributed by atoms with Crippen molar-refractivity contribution >= 4 is 87.0 Å². The molecule has 16 N–H and O–H groups in total. The molecule has 0 aliphatic rings. The third-order valence-corrected chi connectivity index (χ3v) is 18.0. The fourth-order valence-electron chi connectivity index (χ4n) is 13.9. The van der Waals surface area contributed by atoms with Crippen molar-refractivity contribution in [3.63, 3.8) is 0 Å². The molecule has 0 unspecified atom stereocenters. The lowest BCUT2D eigenvalue weighted by molar-refractivity contribution is 0.329. The molecule has 0 amide bonds. The number of hydrogen-bond donors (Lipinski definition) is 16. The van der Waals surface area contributed by atoms with Crippen molar-refractivity contribution in [2.75, 3.05) is 0 Å². The van der Waals surface area contributed by atoms with Crippen molar-refractivity contribution < 1.29 is 90.5 Å². The quantitative estimate of drug-likeness (QED) is 0.0400. The van der Waals surface area contributed by atoms with Gasteiger partial charge in [-0.2, -0.15) is 0 Å². The molecular formula is C76H46O18. The van der Waals surface area contributed by atoms with Crippen LogP contribution in [0.5, 0.6) is 92.0 Å². The molecule has 14 aromatic carbocycles. The van der Waals surface area contributed by atoms with E-state index in [1.54, 1.807) is 72.8 Å². The van der Waals surface area contributed by atoms with Crippen LogP contribution in [0.25, 0.3) is 165 Å². The molecule has 0 atom stereocenters. The van der Waals surface area contributed by atoms with E-state index in [0.29, 0.717) is 65.7 Å². The first kappa shape index (κ1) is 55.8. The van der Waals surface area contributed by atoms with E-state index in [1.807, 2.05) is 72.8 Å². The summed E-state index contributed by atoms with van der Waals surface area (Å²) < 4.78 is 12.8. The Labute approximate surface area is 527 Å². The molecule has 0 aliphatic heterocycles. The minimum atomic E-state index is -1.40. The highest BCUT2D eigenvalue weighted by Gasteiger charge is 2.37. The fourth-order valence-corrected chi connectivity index (χ4v) is 13.9. The second-order valence-corrected chi connectivity index (χ2v) is 22.9. The smallest absolute Gasteiger partial charge is 0.208 e. The van der Waals surface area contributed by atoms with Crippen LogP contribution in [0.2, 0.25) is 0 Å². The summed E-state index contributed by atoms with van der Waals surface area (Å²) in [5, 5.41) is 187. The summed E-state index contributed by atoms with van der Waals surface area (Å²) in [7, 11) is 0. The normalized spacial score (nSPS) is 11.9. The molecule has 0 spiro atoms. The van der Waals surface area contributed by atoms with Crippen LogP contribution in [0.1, 0.15) is 0 Å². The lowest BCUT2D eigenvalue weighted by atomic mass is 9.83. The molecule has 458 valence electrons. The van der Waals surface area contributed by atoms with Gasteiger partial charge in [0.15, 0.2) is 45.7 Å². The average molecular weight is 1250 g/mol. The van der Waals surface area contributed by atoms with Crippen molar-refractivity contribution in [1.29, 1.82) is 0 Å². The zero-order valence-electron chi connectivity index (χ0n) is 48.3. The summed E-state index contributed by atoms with van der Waals surface area (Å²) in [6, 6.07) is 56.5. The van der Waals surface area contributed by atoms with E-state index in [2.05, 4.69) is 36.4 Å². The van der Waals surface area contributed by atoms with Gasteiger partial charge in [0.1, 0.15) is 16.9 Å². The van der Waals surface area contributed by atoms with E-state index >= 15 is 0 Å². The second-order valence-electron chi connectivity index (χ2n) is 22.9. The first-order valence-corrected chi connectivity index (χ1v) is 29.1. The Hall–Kier alpha value is -13.5. The van der Waals surface area contributed by atoms with Crippen LogP contribution < -0.4 is 0 Å². The lowest BCUT2D eigenvalue weighted by Gasteiger charge is -2.20. The van der Waals surface area contributed by atoms with E-state index in [-0.39, 0.29) is 16.7 Å². The third kappa shape index (κ3) is 7.52. The number of benzene rings is 14. The molecule has 0 aliphatic carbocycles. The highest BCUT2D eigenvalue weighted by Crippen LogP contribution is 2.65. The van der Waals surface area contributed by atoms with Crippen molar-refractivity contribution in [2.45, 2.75) is 0 Å². The number of hydrogen-bond acceptors (Lipinski definition) is 18. The monoisotopic (exact) mass is 1250 g/mol. The molecule has 0 fully saturated rings. The predicted molar refractivity (Wildman–Crippen MR) is 356 cm³/mol. The second kappa shape index (κ2) is 20.0. The van der Waals surface area contributed by atoms with Gasteiger partial charge in [0.25, 0.3) is 0 Å². The largest absolute Gasteiger partial charge is 0.506 e. The Bertz CT molecular complexity index is 5890. The Morgan fingerprint density at radius 1 is 0.181 bits per heavy atom. The fraction of sp³-hybridized carbons (Fsp3) is 0. The van der Waals surface area contributed by atoms with Crippen LogP contribution in [0.15, 0.2) is 191 Å². The number of rotatable bonds is 7. The van der Waals surface area contributed by atoms with Crippen LogP contribution in [-0.4, -0.2) is 81.7 Å². The highest BCUT2D eigenvalue weighted by atomic mass is 16.4. The molecule has 0 bridgehead atoms. The van der Waals surface area contributed by atoms with Crippen LogP contribution >= 0.6 is 0 Å². The molecule has 0 saturated carbocycles. The average Bonchev–Trinajstić information content (AvgIpc) is 1.41. The first-order chi connectivity index (χ1) is 45.4. The molecular weight excluding hydrogens is 1200 g/mol. The molecule has 16 rings (SSSR count). The van der Waals surface area contributed by atoms with E-state index in [4.69, 9.17) is 8.83 Å². The summed E-state index contributed by atoms with van der Waals surface area (Å²) in [4.78, 5) is 0. The molecule has 0 saturated heterocycles. The van der Waals surface area contributed by atoms with E-state index in [1.165, 1.54) is 0 Å². The van der Waals surface area contributed by atoms with Gasteiger partial charge in [0.05, 0.1) is 22.1 Å². The standard InChI is InChI=1S/C76H46O18/c77-59-56(57-63(81)68(86)72(90)69(87)64(57)82)65(83)73(91)76-58(59)55-54(62(80)70(88)74(92)75(55)94-76)52-40-24-10-6-20-36(40)49(37-21-7-11-25-41(37)52)33-17-12-16-32(28-33)43-30-47-45(29-44(43)53-60(78)66(84)71(89)67(85)61(53)79)51-42(26-13-27-46(51)93-47)50-38-22-8-4-18-34(38)48(31-14-2-1-3-15-31)35-19-5-9-23-39(35)50/h1-30,77-92H. The topological polar surface area (TPSA) is 350 Å². The Balaban J connectivity index is 0.952. The summed E-state index contributed by atoms with van der Waals surface area (Å²) in [6.45, 7) is 0. The van der Waals surface area contributed by atoms with Gasteiger partial charge < -0.3 is 90.5 Å². The van der Waals surface area contributed by atoms with E-state index in [0.717, 1.165) is 43.8 Å². The minimum Gasteiger partial charge on any atom is -0.506 e. The summed E-state index contributed by atoms with van der Waals surface area (Å²) in [6.07, 6.45) is 0. The van der Waals surface area contributed by atoms with Crippen LogP contribution in [0.4, 0.5) is 0 Å². The Morgan fingerprint density at radius 3 is 1.11 bits per heavy atom. The van der Waals surface area contributed by atoms with Gasteiger partial charge in [-0.25, -0.2) is 0 Å². The number of aromatic hydroxyl groups is 16. The number of furan rings is 2. The number of fused-ring (bicyclic) bond motifs is 10. The third-order valence-electron chi connectivity index (χ3n) is 18.0. The van der Waals surface area contributed by atoms with Gasteiger partial charge in [0, 0.05) is 27.3 Å². The summed E-state index contributed by atoms with van der Waals surface area (Å²) in [5.41, 5.74) is 2.37. The maximum atomic E-state index is 12.3. The SMILES string of the molecule is Oc1c(O)c(O)c(-c2cc3c(cc2-c2cccc(-c4c5ccccc5c(-c5c(O)c(O)c(O)c6oc7c(O)c(O)c(-c8c(O)c(O)c(O)c(O)c8O)c(O)c7c56)c5ccccc45)c2)oc2cccc(-c4c5ccccc5c(-c5ccccc5)c5ccccc45)c23)c(O)c1O. The van der Waals surface area contributed by atoms with Gasteiger partial charge in [0.2, 0.25) is 51.7 Å². The number of phenols is 16. The zero-order valence-corrected chi connectivity index (χ0v) is 48.3. The Kier molecular flexibility index (Phi) is 11.9. The van der Waals surface area contributed by atoms with Crippen LogP contribution in [-0.2, 0) is 0 Å². The highest BCUT2D eigenvalue weighted by molar-refractivity contribution is 6.30. The van der Waals surface area contributed by atoms with Gasteiger partial charge in [-0.15, -0.1) is 0 Å². The van der Waals surface area contributed by atoms with Crippen LogP contribution in [0.3, 0.4) is 0 Å². The van der Waals surface area contributed by atoms with Gasteiger partial charge in [-0.1, -0.05) is 158 Å². The predicted octanol–water partition coefficient (Wildman–Crippen LogP) is 17.1. The summed E-state index contributed by atoms with van der Waals surface area (Å²) in [5.74, 6) is -19.0. The first-order valence-electron chi connectivity index (χ1n) is 29.1. The maximum Gasteiger partial charge on any atom is 0.208 e. The molecule has 18 nitrogen and oxygen atoms in total. The van der Waals surface area contributed by atoms with Crippen molar-refractivity contribution in [2.24, 2.45) is 0 Å². The van der Waals surface area contributed by atoms with Crippen molar-refractivity contribution in [1.82, 2.24) is 0 Å². The molecule has 16 aromatic rings. The van der Waals surface area contributed by atoms with Gasteiger partial charge in [-0.3, -0.25) is 0 Å². The molecule has 0 radical (unpaired) electrons. The van der Waals surface area contributed by atoms with E-state index < -0.39 is 131 Å². The molecule has 94 heavy (non-hydrogen) atoms. The summed E-state index contributed by atoms with van der Waals surface area (Å²) >= 11 is 0.